The Hall–Kier alpha value is -3.85. The van der Waals surface area contributed by atoms with E-state index in [1.54, 1.807) is 30.3 Å². The van der Waals surface area contributed by atoms with Crippen LogP contribution in [0.4, 0.5) is 5.69 Å². The number of carbonyl (C=O) groups excluding carboxylic acids is 2. The van der Waals surface area contributed by atoms with Gasteiger partial charge in [0.2, 0.25) is 0 Å². The van der Waals surface area contributed by atoms with Crippen molar-refractivity contribution in [3.63, 3.8) is 0 Å². The molecule has 0 aliphatic rings. The van der Waals surface area contributed by atoms with Crippen LogP contribution < -0.4 is 10.6 Å². The first-order valence-corrected chi connectivity index (χ1v) is 18.1. The second-order valence-corrected chi connectivity index (χ2v) is 14.2. The Morgan fingerprint density at radius 3 is 2.00 bits per heavy atom. The van der Waals surface area contributed by atoms with Gasteiger partial charge in [0.25, 0.3) is 11.8 Å². The molecule has 0 aliphatic heterocycles. The van der Waals surface area contributed by atoms with Crippen LogP contribution in [0.2, 0.25) is 5.02 Å². The first kappa shape index (κ1) is 37.0. The van der Waals surface area contributed by atoms with E-state index < -0.39 is 5.91 Å². The van der Waals surface area contributed by atoms with Gasteiger partial charge in [-0.1, -0.05) is 129 Å². The molecule has 260 valence electrons. The number of aromatic amines is 1. The summed E-state index contributed by atoms with van der Waals surface area (Å²) in [7, 11) is 0. The van der Waals surface area contributed by atoms with Crippen molar-refractivity contribution < 1.29 is 14.7 Å². The van der Waals surface area contributed by atoms with Gasteiger partial charge in [-0.3, -0.25) is 14.7 Å². The molecule has 0 saturated heterocycles. The standard InChI is InChI=1S/C38H53ClN6O3/c1-5-6-7-8-9-10-11-12-13-14-15-16-17-18-24-40-36(47)27-20-19-21-28(25-27)37(48)41-31-23-22-29(46)26-30(31)34-42-35-32(39)33(38(2,3)4)43-45(35)44-34/h19-23,25-26,43,46H,5-18,24H2,1-4H3,(H,40,47)(H,41,48). The van der Waals surface area contributed by atoms with Crippen molar-refractivity contribution in [2.24, 2.45) is 0 Å². The number of hydrogen-bond acceptors (Lipinski definition) is 5. The Labute approximate surface area is 290 Å². The molecular weight excluding hydrogens is 624 g/mol. The molecule has 4 aromatic rings. The van der Waals surface area contributed by atoms with Crippen LogP contribution >= 0.6 is 11.6 Å². The molecule has 0 bridgehead atoms. The van der Waals surface area contributed by atoms with Gasteiger partial charge in [0.05, 0.1) is 11.4 Å². The number of aromatic nitrogens is 4. The molecule has 9 nitrogen and oxygen atoms in total. The highest BCUT2D eigenvalue weighted by atomic mass is 35.5. The monoisotopic (exact) mass is 676 g/mol. The van der Waals surface area contributed by atoms with Crippen LogP contribution in [-0.4, -0.2) is 43.3 Å². The Morgan fingerprint density at radius 1 is 0.833 bits per heavy atom. The molecule has 0 unspecified atom stereocenters. The molecule has 0 aliphatic carbocycles. The van der Waals surface area contributed by atoms with Crippen molar-refractivity contribution >= 4 is 34.7 Å². The summed E-state index contributed by atoms with van der Waals surface area (Å²) in [4.78, 5) is 30.8. The topological polar surface area (TPSA) is 124 Å². The normalized spacial score (nSPS) is 11.7. The number of hydrogen-bond donors (Lipinski definition) is 4. The molecule has 2 aromatic carbocycles. The zero-order chi connectivity index (χ0) is 34.5. The molecule has 4 N–H and O–H groups in total. The number of amides is 2. The number of aromatic hydroxyl groups is 1. The van der Waals surface area contributed by atoms with Crippen LogP contribution in [0.3, 0.4) is 0 Å². The molecule has 0 spiro atoms. The van der Waals surface area contributed by atoms with Gasteiger partial charge >= 0.3 is 0 Å². The lowest BCUT2D eigenvalue weighted by Crippen LogP contribution is -2.25. The minimum Gasteiger partial charge on any atom is -0.508 e. The van der Waals surface area contributed by atoms with E-state index in [9.17, 15) is 14.7 Å². The number of fused-ring (bicyclic) bond motifs is 1. The zero-order valence-electron chi connectivity index (χ0n) is 29.1. The zero-order valence-corrected chi connectivity index (χ0v) is 29.9. The van der Waals surface area contributed by atoms with Gasteiger partial charge in [0.1, 0.15) is 10.8 Å². The number of unbranched alkanes of at least 4 members (excludes halogenated alkanes) is 13. The summed E-state index contributed by atoms with van der Waals surface area (Å²) in [5, 5.41) is 24.3. The highest BCUT2D eigenvalue weighted by Crippen LogP contribution is 2.34. The second-order valence-electron chi connectivity index (χ2n) is 13.8. The number of benzene rings is 2. The fraction of sp³-hybridized carbons (Fsp3) is 0.526. The molecule has 0 saturated carbocycles. The maximum atomic E-state index is 13.3. The molecule has 2 aromatic heterocycles. The van der Waals surface area contributed by atoms with Crippen molar-refractivity contribution in [3.8, 4) is 17.1 Å². The van der Waals surface area contributed by atoms with E-state index in [0.717, 1.165) is 18.5 Å². The smallest absolute Gasteiger partial charge is 0.255 e. The van der Waals surface area contributed by atoms with Crippen LogP contribution in [0, 0.1) is 0 Å². The Morgan fingerprint density at radius 2 is 1.42 bits per heavy atom. The van der Waals surface area contributed by atoms with Crippen molar-refractivity contribution in [2.75, 3.05) is 11.9 Å². The van der Waals surface area contributed by atoms with Crippen LogP contribution in [0.1, 0.15) is 144 Å². The largest absolute Gasteiger partial charge is 0.508 e. The van der Waals surface area contributed by atoms with Crippen LogP contribution in [-0.2, 0) is 5.41 Å². The lowest BCUT2D eigenvalue weighted by molar-refractivity contribution is 0.0953. The van der Waals surface area contributed by atoms with Gasteiger partial charge in [-0.2, -0.15) is 4.63 Å². The van der Waals surface area contributed by atoms with Gasteiger partial charge in [-0.05, 0) is 42.8 Å². The van der Waals surface area contributed by atoms with E-state index >= 15 is 0 Å². The number of nitrogens with one attached hydrogen (secondary N) is 3. The van der Waals surface area contributed by atoms with E-state index in [2.05, 4.69) is 32.7 Å². The van der Waals surface area contributed by atoms with Gasteiger partial charge in [-0.15, -0.1) is 5.10 Å². The Bertz CT molecular complexity index is 1640. The summed E-state index contributed by atoms with van der Waals surface area (Å²) >= 11 is 6.61. The molecule has 2 amide bonds. The van der Waals surface area contributed by atoms with Crippen LogP contribution in [0.25, 0.3) is 17.0 Å². The van der Waals surface area contributed by atoms with Gasteiger partial charge in [-0.25, -0.2) is 4.98 Å². The third-order valence-electron chi connectivity index (χ3n) is 8.69. The van der Waals surface area contributed by atoms with E-state index in [-0.39, 0.29) is 22.9 Å². The summed E-state index contributed by atoms with van der Waals surface area (Å²) in [5.41, 5.74) is 2.61. The average molecular weight is 677 g/mol. The summed E-state index contributed by atoms with van der Waals surface area (Å²) in [6, 6.07) is 11.2. The molecule has 4 rings (SSSR count). The average Bonchev–Trinajstić information content (AvgIpc) is 3.62. The van der Waals surface area contributed by atoms with Crippen molar-refractivity contribution in [3.05, 3.63) is 64.3 Å². The maximum Gasteiger partial charge on any atom is 0.255 e. The molecular formula is C38H53ClN6O3. The molecule has 10 heteroatoms. The van der Waals surface area contributed by atoms with E-state index in [1.807, 2.05) is 20.8 Å². The number of rotatable bonds is 19. The first-order valence-electron chi connectivity index (χ1n) is 17.8. The van der Waals surface area contributed by atoms with Crippen molar-refractivity contribution in [1.29, 1.82) is 0 Å². The van der Waals surface area contributed by atoms with E-state index in [0.29, 0.717) is 39.6 Å². The fourth-order valence-electron chi connectivity index (χ4n) is 5.86. The lowest BCUT2D eigenvalue weighted by Gasteiger charge is -2.16. The van der Waals surface area contributed by atoms with E-state index in [4.69, 9.17) is 11.6 Å². The van der Waals surface area contributed by atoms with Crippen molar-refractivity contribution in [1.82, 2.24) is 25.1 Å². The summed E-state index contributed by atoms with van der Waals surface area (Å²) in [5.74, 6) is -0.318. The number of anilines is 1. The molecule has 0 radical (unpaired) electrons. The van der Waals surface area contributed by atoms with Gasteiger partial charge in [0.15, 0.2) is 11.5 Å². The predicted octanol–water partition coefficient (Wildman–Crippen LogP) is 9.84. The van der Waals surface area contributed by atoms with E-state index in [1.165, 1.54) is 93.8 Å². The summed E-state index contributed by atoms with van der Waals surface area (Å²) < 4.78 is 1.49. The van der Waals surface area contributed by atoms with Crippen LogP contribution in [0.15, 0.2) is 42.5 Å². The van der Waals surface area contributed by atoms with Gasteiger partial charge in [0, 0.05) is 28.7 Å². The quantitative estimate of drug-likeness (QED) is 0.0581. The summed E-state index contributed by atoms with van der Waals surface area (Å²) in [6.45, 7) is 8.98. The van der Waals surface area contributed by atoms with Crippen LogP contribution in [0.5, 0.6) is 5.75 Å². The van der Waals surface area contributed by atoms with Gasteiger partial charge < -0.3 is 15.7 Å². The highest BCUT2D eigenvalue weighted by Gasteiger charge is 2.25. The molecule has 0 atom stereocenters. The number of phenolic OH excluding ortho intramolecular Hbond substituents is 1. The highest BCUT2D eigenvalue weighted by molar-refractivity contribution is 6.34. The Balaban J connectivity index is 1.23. The number of halogens is 1. The Kier molecular flexibility index (Phi) is 13.9. The minimum absolute atomic E-state index is 0.000378. The lowest BCUT2D eigenvalue weighted by atomic mass is 9.92. The molecule has 0 fully saturated rings. The number of carbonyl (C=O) groups is 2. The van der Waals surface area contributed by atoms with Crippen molar-refractivity contribution in [2.45, 2.75) is 123 Å². The first-order chi connectivity index (χ1) is 23.1. The molecule has 48 heavy (non-hydrogen) atoms. The third kappa shape index (κ3) is 10.6. The predicted molar refractivity (Wildman–Crippen MR) is 195 cm³/mol. The SMILES string of the molecule is CCCCCCCCCCCCCCCCNC(=O)c1cccc(C(=O)Nc2ccc(O)cc2-c2nc3c(Cl)c(C(C)(C)C)[nH]n3n2)c1. The fourth-order valence-corrected chi connectivity index (χ4v) is 6.30. The second kappa shape index (κ2) is 18.1. The third-order valence-corrected chi connectivity index (χ3v) is 9.04. The summed E-state index contributed by atoms with van der Waals surface area (Å²) in [6.07, 6.45) is 18.1. The number of phenols is 1. The maximum absolute atomic E-state index is 13.3. The molecule has 2 heterocycles. The minimum atomic E-state index is -0.401. The number of nitrogens with zero attached hydrogens (tertiary/aromatic N) is 3. The number of H-pyrrole nitrogens is 1.